The molecule has 1 aromatic heterocycles. The number of carboxylic acids is 2. The van der Waals surface area contributed by atoms with Crippen LogP contribution in [0.25, 0.3) is 0 Å². The van der Waals surface area contributed by atoms with Crippen molar-refractivity contribution in [2.24, 2.45) is 11.7 Å². The Bertz CT molecular complexity index is 830. The van der Waals surface area contributed by atoms with Gasteiger partial charge >= 0.3 is 11.9 Å². The van der Waals surface area contributed by atoms with Crippen molar-refractivity contribution in [3.05, 3.63) is 18.2 Å². The number of carbonyl (C=O) groups excluding carboxylic acids is 3. The Hall–Kier alpha value is -3.52. The SMILES string of the molecule is CCC(C)C(N)C(=O)NC(CO)C(=O)NC(CC(=O)O)C(=O)NC(Cc1cnc[nH]1)C(=O)O. The summed E-state index contributed by atoms with van der Waals surface area (Å²) in [6.07, 6.45) is 2.23. The van der Waals surface area contributed by atoms with E-state index in [9.17, 15) is 34.2 Å². The van der Waals surface area contributed by atoms with E-state index in [-0.39, 0.29) is 12.3 Å². The zero-order valence-corrected chi connectivity index (χ0v) is 18.3. The van der Waals surface area contributed by atoms with Crippen molar-refractivity contribution >= 4 is 29.7 Å². The summed E-state index contributed by atoms with van der Waals surface area (Å²) in [5.41, 5.74) is 6.20. The molecular weight excluding hydrogens is 440 g/mol. The number of amides is 3. The van der Waals surface area contributed by atoms with Crippen molar-refractivity contribution in [2.75, 3.05) is 6.61 Å². The molecule has 1 rings (SSSR count). The summed E-state index contributed by atoms with van der Waals surface area (Å²) >= 11 is 0. The first-order valence-corrected chi connectivity index (χ1v) is 10.2. The number of nitrogens with one attached hydrogen (secondary N) is 4. The van der Waals surface area contributed by atoms with Crippen molar-refractivity contribution in [1.29, 1.82) is 0 Å². The van der Waals surface area contributed by atoms with Crippen LogP contribution < -0.4 is 21.7 Å². The molecule has 0 aromatic carbocycles. The average Bonchev–Trinajstić information content (AvgIpc) is 3.27. The molecule has 0 radical (unpaired) electrons. The third kappa shape index (κ3) is 8.86. The van der Waals surface area contributed by atoms with Crippen molar-refractivity contribution < 1.29 is 39.3 Å². The summed E-state index contributed by atoms with van der Waals surface area (Å²) in [6, 6.07) is -5.56. The van der Waals surface area contributed by atoms with Gasteiger partial charge in [-0.1, -0.05) is 20.3 Å². The van der Waals surface area contributed by atoms with E-state index in [1.807, 2.05) is 6.92 Å². The highest BCUT2D eigenvalue weighted by Gasteiger charge is 2.32. The second-order valence-electron chi connectivity index (χ2n) is 7.49. The minimum Gasteiger partial charge on any atom is -0.481 e. The van der Waals surface area contributed by atoms with Crippen LogP contribution in [0.3, 0.4) is 0 Å². The Morgan fingerprint density at radius 2 is 1.61 bits per heavy atom. The summed E-state index contributed by atoms with van der Waals surface area (Å²) < 4.78 is 0. The molecule has 1 heterocycles. The van der Waals surface area contributed by atoms with Gasteiger partial charge in [0.2, 0.25) is 17.7 Å². The normalized spacial score (nSPS) is 15.4. The zero-order valence-electron chi connectivity index (χ0n) is 18.3. The molecule has 0 saturated carbocycles. The van der Waals surface area contributed by atoms with Gasteiger partial charge in [-0.2, -0.15) is 0 Å². The number of aromatic nitrogens is 2. The number of nitrogens with two attached hydrogens (primary N) is 1. The molecule has 0 aliphatic carbocycles. The number of imidazole rings is 1. The van der Waals surface area contributed by atoms with E-state index in [4.69, 9.17) is 10.8 Å². The maximum absolute atomic E-state index is 12.6. The van der Waals surface area contributed by atoms with Gasteiger partial charge in [-0.3, -0.25) is 19.2 Å². The van der Waals surface area contributed by atoms with Crippen molar-refractivity contribution in [2.45, 2.75) is 57.3 Å². The van der Waals surface area contributed by atoms with Crippen LogP contribution in [0.15, 0.2) is 12.5 Å². The highest BCUT2D eigenvalue weighted by atomic mass is 16.4. The molecule has 3 amide bonds. The smallest absolute Gasteiger partial charge is 0.326 e. The molecule has 9 N–H and O–H groups in total. The Morgan fingerprint density at radius 1 is 1.03 bits per heavy atom. The lowest BCUT2D eigenvalue weighted by Crippen LogP contribution is -2.59. The molecule has 14 nitrogen and oxygen atoms in total. The fourth-order valence-electron chi connectivity index (χ4n) is 2.72. The second kappa shape index (κ2) is 13.1. The molecule has 5 atom stereocenters. The molecule has 1 aromatic rings. The van der Waals surface area contributed by atoms with Gasteiger partial charge in [-0.05, 0) is 5.92 Å². The molecule has 0 spiro atoms. The third-order valence-corrected chi connectivity index (χ3v) is 4.98. The van der Waals surface area contributed by atoms with Gasteiger partial charge in [-0.25, -0.2) is 9.78 Å². The summed E-state index contributed by atoms with van der Waals surface area (Å²) in [4.78, 5) is 66.4. The number of rotatable bonds is 14. The van der Waals surface area contributed by atoms with Crippen LogP contribution in [-0.4, -0.2) is 85.7 Å². The number of aliphatic hydroxyl groups is 1. The van der Waals surface area contributed by atoms with Crippen LogP contribution in [0.5, 0.6) is 0 Å². The predicted molar refractivity (Wildman–Crippen MR) is 112 cm³/mol. The highest BCUT2D eigenvalue weighted by molar-refractivity contribution is 5.95. The van der Waals surface area contributed by atoms with Crippen molar-refractivity contribution in [3.8, 4) is 0 Å². The molecule has 0 bridgehead atoms. The monoisotopic (exact) mass is 470 g/mol. The summed E-state index contributed by atoms with van der Waals surface area (Å²) in [5.74, 6) is -5.86. The molecule has 0 fully saturated rings. The maximum Gasteiger partial charge on any atom is 0.326 e. The number of aromatic amines is 1. The number of carboxylic acid groups (broad SMARTS) is 2. The fourth-order valence-corrected chi connectivity index (χ4v) is 2.72. The van der Waals surface area contributed by atoms with Gasteiger partial charge in [0.15, 0.2) is 0 Å². The summed E-state index contributed by atoms with van der Waals surface area (Å²) in [6.45, 7) is 2.71. The Labute approximate surface area is 189 Å². The minimum atomic E-state index is -1.67. The van der Waals surface area contributed by atoms with Gasteiger partial charge < -0.3 is 42.0 Å². The highest BCUT2D eigenvalue weighted by Crippen LogP contribution is 2.06. The Balaban J connectivity index is 2.89. The Kier molecular flexibility index (Phi) is 10.9. The summed E-state index contributed by atoms with van der Waals surface area (Å²) in [5, 5.41) is 34.5. The third-order valence-electron chi connectivity index (χ3n) is 4.98. The van der Waals surface area contributed by atoms with E-state index < -0.39 is 66.9 Å². The molecule has 0 saturated heterocycles. The first-order valence-electron chi connectivity index (χ1n) is 10.2. The van der Waals surface area contributed by atoms with Gasteiger partial charge in [0.05, 0.1) is 25.4 Å². The van der Waals surface area contributed by atoms with Crippen molar-refractivity contribution in [3.63, 3.8) is 0 Å². The molecule has 0 aliphatic rings. The molecule has 5 unspecified atom stereocenters. The topological polar surface area (TPSA) is 237 Å². The molecule has 14 heteroatoms. The standard InChI is InChI=1S/C19H30N6O8/c1-3-9(2)15(20)18(31)25-13(7-26)17(30)23-11(5-14(27)28)16(29)24-12(19(32)33)4-10-6-21-8-22-10/h6,8-9,11-13,15,26H,3-5,7,20H2,1-2H3,(H,21,22)(H,23,30)(H,24,29)(H,25,31)(H,27,28)(H,32,33). The first kappa shape index (κ1) is 27.5. The van der Waals surface area contributed by atoms with Crippen LogP contribution >= 0.6 is 0 Å². The van der Waals surface area contributed by atoms with E-state index in [0.717, 1.165) is 0 Å². The molecule has 33 heavy (non-hydrogen) atoms. The lowest BCUT2D eigenvalue weighted by Gasteiger charge is -2.24. The van der Waals surface area contributed by atoms with E-state index in [1.165, 1.54) is 12.5 Å². The Morgan fingerprint density at radius 3 is 2.09 bits per heavy atom. The number of carbonyl (C=O) groups is 5. The van der Waals surface area contributed by atoms with Gasteiger partial charge in [0.25, 0.3) is 0 Å². The van der Waals surface area contributed by atoms with Gasteiger partial charge in [0.1, 0.15) is 18.1 Å². The molecule has 184 valence electrons. The van der Waals surface area contributed by atoms with Crippen molar-refractivity contribution in [1.82, 2.24) is 25.9 Å². The number of hydrogen-bond acceptors (Lipinski definition) is 8. The number of hydrogen-bond donors (Lipinski definition) is 8. The first-order chi connectivity index (χ1) is 15.5. The zero-order chi connectivity index (χ0) is 25.1. The molecular formula is C19H30N6O8. The average molecular weight is 470 g/mol. The van der Waals surface area contributed by atoms with Crippen LogP contribution in [0, 0.1) is 5.92 Å². The second-order valence-corrected chi connectivity index (χ2v) is 7.49. The van der Waals surface area contributed by atoms with E-state index >= 15 is 0 Å². The van der Waals surface area contributed by atoms with Crippen LogP contribution in [0.2, 0.25) is 0 Å². The van der Waals surface area contributed by atoms with Crippen LogP contribution in [0.1, 0.15) is 32.4 Å². The van der Waals surface area contributed by atoms with E-state index in [2.05, 4.69) is 25.9 Å². The number of H-pyrrole nitrogens is 1. The van der Waals surface area contributed by atoms with Gasteiger partial charge in [0, 0.05) is 18.3 Å². The van der Waals surface area contributed by atoms with E-state index in [1.54, 1.807) is 6.92 Å². The summed E-state index contributed by atoms with van der Waals surface area (Å²) in [7, 11) is 0. The molecule has 0 aliphatic heterocycles. The number of nitrogens with zero attached hydrogens (tertiary/aromatic N) is 1. The quantitative estimate of drug-likeness (QED) is 0.140. The number of aliphatic hydroxyl groups excluding tert-OH is 1. The van der Waals surface area contributed by atoms with E-state index in [0.29, 0.717) is 12.1 Å². The lowest BCUT2D eigenvalue weighted by molar-refractivity contribution is -0.143. The predicted octanol–water partition coefficient (Wildman–Crippen LogP) is -2.67. The minimum absolute atomic E-state index is 0.169. The lowest BCUT2D eigenvalue weighted by atomic mass is 9.99. The number of aliphatic carboxylic acids is 2. The maximum atomic E-state index is 12.6. The van der Waals surface area contributed by atoms with Gasteiger partial charge in [-0.15, -0.1) is 0 Å². The fraction of sp³-hybridized carbons (Fsp3) is 0.579. The van der Waals surface area contributed by atoms with Crippen LogP contribution in [0.4, 0.5) is 0 Å². The largest absolute Gasteiger partial charge is 0.481 e. The van der Waals surface area contributed by atoms with Crippen LogP contribution in [-0.2, 0) is 30.4 Å².